The molecule has 0 fully saturated rings. The van der Waals surface area contributed by atoms with Crippen LogP contribution in [-0.4, -0.2) is 19.4 Å². The van der Waals surface area contributed by atoms with Crippen molar-refractivity contribution < 1.29 is 4.43 Å². The Morgan fingerprint density at radius 1 is 0.846 bits per heavy atom. The molecule has 1 nitrogen and oxygen atoms in total. The molecule has 0 N–H and O–H groups in total. The van der Waals surface area contributed by atoms with Gasteiger partial charge in [-0.15, -0.1) is 0 Å². The van der Waals surface area contributed by atoms with Crippen molar-refractivity contribution in [1.82, 2.24) is 0 Å². The van der Waals surface area contributed by atoms with Gasteiger partial charge in [-0.25, -0.2) is 0 Å². The van der Waals surface area contributed by atoms with Crippen molar-refractivity contribution in [3.8, 4) is 0 Å². The van der Waals surface area contributed by atoms with Gasteiger partial charge in [-0.3, -0.25) is 0 Å². The van der Waals surface area contributed by atoms with Gasteiger partial charge in [-0.1, -0.05) is 118 Å². The third-order valence-corrected chi connectivity index (χ3v) is 11.6. The summed E-state index contributed by atoms with van der Waals surface area (Å²) in [6, 6.07) is 21.9. The Hall–Kier alpha value is -0.653. The monoisotopic (exact) mass is 480 g/mol. The van der Waals surface area contributed by atoms with E-state index >= 15 is 0 Å². The molecule has 0 unspecified atom stereocenters. The van der Waals surface area contributed by atoms with Gasteiger partial charge in [0, 0.05) is 11.0 Å². The molecule has 26 heavy (non-hydrogen) atoms. The summed E-state index contributed by atoms with van der Waals surface area (Å²) in [5.74, 6) is 1.31. The molecule has 0 amide bonds. The maximum absolute atomic E-state index is 7.01. The molecule has 2 rings (SSSR count). The molecule has 2 aromatic carbocycles. The van der Waals surface area contributed by atoms with Crippen molar-refractivity contribution in [2.24, 2.45) is 11.8 Å². The molecule has 142 valence electrons. The van der Waals surface area contributed by atoms with Crippen LogP contribution in [0.2, 0.25) is 5.04 Å². The summed E-state index contributed by atoms with van der Waals surface area (Å²) in [6.45, 7) is 12.5. The number of rotatable bonds is 8. The second kappa shape index (κ2) is 9.51. The first-order valence-electron chi connectivity index (χ1n) is 9.62. The highest BCUT2D eigenvalue weighted by molar-refractivity contribution is 14.1. The fraction of sp³-hybridized carbons (Fsp3) is 0.478. The van der Waals surface area contributed by atoms with Gasteiger partial charge in [0.05, 0.1) is 0 Å². The van der Waals surface area contributed by atoms with Gasteiger partial charge in [-0.05, 0) is 33.7 Å². The van der Waals surface area contributed by atoms with E-state index in [9.17, 15) is 0 Å². The summed E-state index contributed by atoms with van der Waals surface area (Å²) >= 11 is 2.49. The maximum atomic E-state index is 7.01. The van der Waals surface area contributed by atoms with Crippen molar-refractivity contribution in [1.29, 1.82) is 0 Å². The third-order valence-electron chi connectivity index (χ3n) is 5.07. The van der Waals surface area contributed by atoms with E-state index in [1.807, 2.05) is 0 Å². The molecule has 3 heteroatoms. The van der Waals surface area contributed by atoms with Crippen LogP contribution in [0.1, 0.15) is 41.0 Å². The molecule has 0 spiro atoms. The molecule has 0 radical (unpaired) electrons. The Kier molecular flexibility index (Phi) is 7.92. The van der Waals surface area contributed by atoms with E-state index in [2.05, 4.69) is 118 Å². The lowest BCUT2D eigenvalue weighted by molar-refractivity contribution is 0.227. The smallest absolute Gasteiger partial charge is 0.261 e. The molecule has 0 aliphatic heterocycles. The zero-order valence-electron chi connectivity index (χ0n) is 16.8. The second-order valence-electron chi connectivity index (χ2n) is 8.57. The highest BCUT2D eigenvalue weighted by Gasteiger charge is 2.50. The van der Waals surface area contributed by atoms with Crippen molar-refractivity contribution in [2.75, 3.05) is 11.0 Å². The highest BCUT2D eigenvalue weighted by atomic mass is 127. The van der Waals surface area contributed by atoms with Crippen molar-refractivity contribution >= 4 is 41.3 Å². The Morgan fingerprint density at radius 2 is 1.31 bits per heavy atom. The van der Waals surface area contributed by atoms with Crippen LogP contribution in [0, 0.1) is 11.8 Å². The van der Waals surface area contributed by atoms with E-state index in [-0.39, 0.29) is 5.04 Å². The molecule has 0 bridgehead atoms. The first-order valence-corrected chi connectivity index (χ1v) is 13.1. The summed E-state index contributed by atoms with van der Waals surface area (Å²) in [4.78, 5) is 0. The van der Waals surface area contributed by atoms with Crippen LogP contribution in [0.15, 0.2) is 60.7 Å². The zero-order valence-corrected chi connectivity index (χ0v) is 20.0. The predicted octanol–water partition coefficient (Wildman–Crippen LogP) is 5.66. The van der Waals surface area contributed by atoms with Gasteiger partial charge < -0.3 is 4.43 Å². The van der Waals surface area contributed by atoms with E-state index in [1.165, 1.54) is 21.2 Å². The molecule has 0 heterocycles. The minimum Gasteiger partial charge on any atom is -0.407 e. The number of alkyl halides is 1. The van der Waals surface area contributed by atoms with E-state index < -0.39 is 8.32 Å². The number of hydrogen-bond donors (Lipinski definition) is 0. The highest BCUT2D eigenvalue weighted by Crippen LogP contribution is 2.37. The summed E-state index contributed by atoms with van der Waals surface area (Å²) in [6.07, 6.45) is 1.22. The Bertz CT molecular complexity index is 611. The SMILES string of the molecule is C[C@H](CI)C[C@H](C)CO[Si](c1ccccc1)(c1ccccc1)C(C)(C)C. The van der Waals surface area contributed by atoms with Gasteiger partial charge in [0.15, 0.2) is 0 Å². The normalized spacial score (nSPS) is 14.8. The lowest BCUT2D eigenvalue weighted by atomic mass is 10.0. The van der Waals surface area contributed by atoms with Gasteiger partial charge in [0.25, 0.3) is 8.32 Å². The topological polar surface area (TPSA) is 9.23 Å². The van der Waals surface area contributed by atoms with E-state index in [4.69, 9.17) is 4.43 Å². The van der Waals surface area contributed by atoms with Crippen LogP contribution >= 0.6 is 22.6 Å². The molecule has 0 saturated carbocycles. The van der Waals surface area contributed by atoms with Crippen LogP contribution in [0.3, 0.4) is 0 Å². The van der Waals surface area contributed by atoms with E-state index in [0.29, 0.717) is 5.92 Å². The summed E-state index contributed by atoms with van der Waals surface area (Å²) in [7, 11) is -2.38. The molecular weight excluding hydrogens is 447 g/mol. The zero-order chi connectivity index (χ0) is 19.2. The summed E-state index contributed by atoms with van der Waals surface area (Å²) in [5.41, 5.74) is 0. The molecule has 2 aromatic rings. The molecular formula is C23H33IOSi. The average molecular weight is 481 g/mol. The fourth-order valence-electron chi connectivity index (χ4n) is 3.85. The van der Waals surface area contributed by atoms with Crippen LogP contribution in [0.5, 0.6) is 0 Å². The van der Waals surface area contributed by atoms with Crippen molar-refractivity contribution in [2.45, 2.75) is 46.1 Å². The largest absolute Gasteiger partial charge is 0.407 e. The minimum absolute atomic E-state index is 0.0598. The summed E-state index contributed by atoms with van der Waals surface area (Å²) in [5, 5.41) is 2.80. The Balaban J connectivity index is 2.44. The molecule has 0 aromatic heterocycles. The van der Waals surface area contributed by atoms with Gasteiger partial charge in [0.2, 0.25) is 0 Å². The second-order valence-corrected chi connectivity index (χ2v) is 13.8. The van der Waals surface area contributed by atoms with Crippen LogP contribution < -0.4 is 10.4 Å². The van der Waals surface area contributed by atoms with E-state index in [0.717, 1.165) is 12.5 Å². The lowest BCUT2D eigenvalue weighted by Crippen LogP contribution is -2.66. The quantitative estimate of drug-likeness (QED) is 0.269. The van der Waals surface area contributed by atoms with Crippen LogP contribution in [-0.2, 0) is 4.43 Å². The summed E-state index contributed by atoms with van der Waals surface area (Å²) < 4.78 is 8.22. The standard InChI is InChI=1S/C23H33IOSi/c1-19(17-24)16-20(2)18-25-26(23(3,4)5,21-12-8-6-9-13-21)22-14-10-7-11-15-22/h6-15,19-20H,16-18H2,1-5H3/t19-,20-/m0/s1. The minimum atomic E-state index is -2.38. The molecule has 0 aliphatic rings. The predicted molar refractivity (Wildman–Crippen MR) is 125 cm³/mol. The van der Waals surface area contributed by atoms with Crippen molar-refractivity contribution in [3.63, 3.8) is 0 Å². The number of halogens is 1. The Morgan fingerprint density at radius 3 is 1.69 bits per heavy atom. The molecule has 0 aliphatic carbocycles. The number of hydrogen-bond acceptors (Lipinski definition) is 1. The molecule has 2 atom stereocenters. The van der Waals surface area contributed by atoms with Crippen molar-refractivity contribution in [3.05, 3.63) is 60.7 Å². The third kappa shape index (κ3) is 4.99. The molecule has 0 saturated heterocycles. The van der Waals surface area contributed by atoms with Gasteiger partial charge in [-0.2, -0.15) is 0 Å². The van der Waals surface area contributed by atoms with Crippen LogP contribution in [0.4, 0.5) is 0 Å². The first kappa shape index (κ1) is 21.6. The Labute approximate surface area is 174 Å². The fourth-order valence-corrected chi connectivity index (χ4v) is 8.90. The lowest BCUT2D eigenvalue weighted by Gasteiger charge is -2.43. The average Bonchev–Trinajstić information content (AvgIpc) is 2.62. The van der Waals surface area contributed by atoms with Crippen LogP contribution in [0.25, 0.3) is 0 Å². The van der Waals surface area contributed by atoms with E-state index in [1.54, 1.807) is 0 Å². The number of benzene rings is 2. The maximum Gasteiger partial charge on any atom is 0.261 e. The van der Waals surface area contributed by atoms with Gasteiger partial charge >= 0.3 is 0 Å². The first-order chi connectivity index (χ1) is 12.3. The van der Waals surface area contributed by atoms with Gasteiger partial charge in [0.1, 0.15) is 0 Å².